The summed E-state index contributed by atoms with van der Waals surface area (Å²) in [5.41, 5.74) is 3.71. The summed E-state index contributed by atoms with van der Waals surface area (Å²) in [5.74, 6) is 2.62. The van der Waals surface area contributed by atoms with Crippen LogP contribution in [0.15, 0.2) is 48.9 Å². The van der Waals surface area contributed by atoms with Gasteiger partial charge in [-0.3, -0.25) is 0 Å². The molecule has 0 amide bonds. The zero-order chi connectivity index (χ0) is 25.0. The Labute approximate surface area is 216 Å². The molecule has 9 heteroatoms. The minimum absolute atomic E-state index is 0.278. The van der Waals surface area contributed by atoms with E-state index in [9.17, 15) is 5.11 Å². The molecule has 192 valence electrons. The summed E-state index contributed by atoms with van der Waals surface area (Å²) < 4.78 is 7.72. The smallest absolute Gasteiger partial charge is 0.166 e. The molecule has 0 unspecified atom stereocenters. The quantitative estimate of drug-likeness (QED) is 0.381. The van der Waals surface area contributed by atoms with E-state index >= 15 is 0 Å². The number of nitrogens with one attached hydrogen (secondary N) is 1. The van der Waals surface area contributed by atoms with Crippen LogP contribution in [-0.2, 0) is 11.2 Å². The molecular weight excluding hydrogens is 466 g/mol. The first-order valence-electron chi connectivity index (χ1n) is 13.3. The Morgan fingerprint density at radius 2 is 1.76 bits per heavy atom. The fraction of sp³-hybridized carbons (Fsp3) is 0.429. The lowest BCUT2D eigenvalue weighted by Gasteiger charge is -2.27. The molecule has 9 nitrogen and oxygen atoms in total. The van der Waals surface area contributed by atoms with E-state index in [1.165, 1.54) is 19.3 Å². The number of ether oxygens (including phenoxy) is 1. The fourth-order valence-electron chi connectivity index (χ4n) is 5.28. The van der Waals surface area contributed by atoms with Gasteiger partial charge in [-0.25, -0.2) is 19.9 Å². The van der Waals surface area contributed by atoms with Gasteiger partial charge in [0.05, 0.1) is 19.5 Å². The molecule has 0 spiro atoms. The highest BCUT2D eigenvalue weighted by molar-refractivity contribution is 5.85. The molecule has 4 aromatic rings. The summed E-state index contributed by atoms with van der Waals surface area (Å²) in [4.78, 5) is 21.6. The summed E-state index contributed by atoms with van der Waals surface area (Å²) in [6.45, 7) is 3.86. The molecule has 4 heterocycles. The van der Waals surface area contributed by atoms with Crippen LogP contribution >= 0.6 is 0 Å². The number of phenols is 1. The van der Waals surface area contributed by atoms with E-state index in [0.717, 1.165) is 79.5 Å². The van der Waals surface area contributed by atoms with Gasteiger partial charge >= 0.3 is 0 Å². The number of benzene rings is 1. The third-order valence-electron chi connectivity index (χ3n) is 7.37. The average Bonchev–Trinajstić information content (AvgIpc) is 3.39. The number of aromatic hydroxyl groups is 1. The summed E-state index contributed by atoms with van der Waals surface area (Å²) in [5, 5.41) is 13.1. The van der Waals surface area contributed by atoms with E-state index in [4.69, 9.17) is 24.7 Å². The largest absolute Gasteiger partial charge is 0.508 e. The Kier molecular flexibility index (Phi) is 6.86. The van der Waals surface area contributed by atoms with Crippen LogP contribution in [0.2, 0.25) is 0 Å². The topological polar surface area (TPSA) is 101 Å². The van der Waals surface area contributed by atoms with E-state index in [2.05, 4.69) is 20.9 Å². The molecule has 2 N–H and O–H groups in total. The first-order valence-corrected chi connectivity index (χ1v) is 13.3. The van der Waals surface area contributed by atoms with Gasteiger partial charge in [-0.1, -0.05) is 31.4 Å². The Morgan fingerprint density at radius 1 is 0.946 bits per heavy atom. The lowest BCUT2D eigenvalue weighted by Crippen LogP contribution is -2.36. The van der Waals surface area contributed by atoms with E-state index < -0.39 is 0 Å². The van der Waals surface area contributed by atoms with Crippen molar-refractivity contribution in [3.05, 3.63) is 54.5 Å². The number of morpholine rings is 1. The Morgan fingerprint density at radius 3 is 2.51 bits per heavy atom. The molecule has 1 aliphatic carbocycles. The van der Waals surface area contributed by atoms with Gasteiger partial charge in [0.25, 0.3) is 0 Å². The second kappa shape index (κ2) is 10.7. The maximum atomic E-state index is 9.56. The third-order valence-corrected chi connectivity index (χ3v) is 7.37. The van der Waals surface area contributed by atoms with Gasteiger partial charge < -0.3 is 24.6 Å². The van der Waals surface area contributed by atoms with Crippen LogP contribution in [-0.4, -0.2) is 62.5 Å². The molecule has 6 rings (SSSR count). The first kappa shape index (κ1) is 23.7. The van der Waals surface area contributed by atoms with Crippen molar-refractivity contribution in [1.82, 2.24) is 24.5 Å². The number of hydrogen-bond donors (Lipinski definition) is 2. The number of phenolic OH excluding ortho intramolecular Hbond substituents is 1. The van der Waals surface area contributed by atoms with Crippen LogP contribution in [0.25, 0.3) is 22.6 Å². The number of rotatable bonds is 7. The van der Waals surface area contributed by atoms with Crippen molar-refractivity contribution in [2.24, 2.45) is 0 Å². The minimum Gasteiger partial charge on any atom is -0.508 e. The standard InChI is InChI=1S/C28H33N7O2/c36-23-9-6-20(7-10-23)12-13-29-27-25-28(35(19-31-25)22-4-2-1-3-5-22)33-26(32-27)21-8-11-24(30-18-21)34-14-16-37-17-15-34/h6-11,18-19,22,36H,1-5,12-17H2,(H,29,32,33). The molecule has 1 saturated carbocycles. The van der Waals surface area contributed by atoms with Crippen LogP contribution in [0, 0.1) is 0 Å². The number of anilines is 2. The van der Waals surface area contributed by atoms with Gasteiger partial charge in [-0.2, -0.15) is 0 Å². The maximum Gasteiger partial charge on any atom is 0.166 e. The van der Waals surface area contributed by atoms with Crippen LogP contribution in [0.1, 0.15) is 43.7 Å². The zero-order valence-corrected chi connectivity index (χ0v) is 21.0. The molecule has 2 fully saturated rings. The first-order chi connectivity index (χ1) is 18.2. The monoisotopic (exact) mass is 499 g/mol. The zero-order valence-electron chi connectivity index (χ0n) is 21.0. The number of fused-ring (bicyclic) bond motifs is 1. The summed E-state index contributed by atoms with van der Waals surface area (Å²) in [6.07, 6.45) is 10.7. The van der Waals surface area contributed by atoms with Crippen LogP contribution < -0.4 is 10.2 Å². The van der Waals surface area contributed by atoms with Gasteiger partial charge in [-0.05, 0) is 49.1 Å². The Balaban J connectivity index is 1.30. The number of pyridine rings is 1. The third kappa shape index (κ3) is 5.22. The van der Waals surface area contributed by atoms with E-state index in [1.54, 1.807) is 12.1 Å². The Hall–Kier alpha value is -3.72. The number of imidazole rings is 1. The molecular formula is C28H33N7O2. The van der Waals surface area contributed by atoms with Crippen molar-refractivity contribution < 1.29 is 9.84 Å². The fourth-order valence-corrected chi connectivity index (χ4v) is 5.28. The number of hydrogen-bond acceptors (Lipinski definition) is 8. The normalized spacial score (nSPS) is 16.8. The molecule has 0 atom stereocenters. The van der Waals surface area contributed by atoms with Crippen molar-refractivity contribution in [2.75, 3.05) is 43.1 Å². The molecule has 2 aliphatic rings. The van der Waals surface area contributed by atoms with Crippen molar-refractivity contribution >= 4 is 22.8 Å². The second-order valence-electron chi connectivity index (χ2n) is 9.86. The minimum atomic E-state index is 0.278. The molecule has 1 aromatic carbocycles. The van der Waals surface area contributed by atoms with Crippen molar-refractivity contribution in [2.45, 2.75) is 44.6 Å². The number of aromatic nitrogens is 5. The van der Waals surface area contributed by atoms with Gasteiger partial charge in [0.2, 0.25) is 0 Å². The lowest BCUT2D eigenvalue weighted by atomic mass is 9.95. The highest BCUT2D eigenvalue weighted by atomic mass is 16.5. The number of nitrogens with zero attached hydrogens (tertiary/aromatic N) is 6. The van der Waals surface area contributed by atoms with E-state index in [-0.39, 0.29) is 5.75 Å². The van der Waals surface area contributed by atoms with Crippen molar-refractivity contribution in [3.8, 4) is 17.1 Å². The molecule has 37 heavy (non-hydrogen) atoms. The van der Waals surface area contributed by atoms with Gasteiger partial charge in [0, 0.05) is 37.4 Å². The predicted molar refractivity (Wildman–Crippen MR) is 144 cm³/mol. The molecule has 3 aromatic heterocycles. The van der Waals surface area contributed by atoms with Gasteiger partial charge in [0.1, 0.15) is 17.1 Å². The molecule has 0 radical (unpaired) electrons. The van der Waals surface area contributed by atoms with E-state index in [0.29, 0.717) is 18.4 Å². The predicted octanol–water partition coefficient (Wildman–Crippen LogP) is 4.59. The molecule has 1 saturated heterocycles. The second-order valence-corrected chi connectivity index (χ2v) is 9.86. The summed E-state index contributed by atoms with van der Waals surface area (Å²) >= 11 is 0. The molecule has 1 aliphatic heterocycles. The van der Waals surface area contributed by atoms with Gasteiger partial charge in [-0.15, -0.1) is 0 Å². The summed E-state index contributed by atoms with van der Waals surface area (Å²) in [7, 11) is 0. The van der Waals surface area contributed by atoms with Crippen LogP contribution in [0.4, 0.5) is 11.6 Å². The lowest BCUT2D eigenvalue weighted by molar-refractivity contribution is 0.122. The SMILES string of the molecule is Oc1ccc(CCNc2nc(-c3ccc(N4CCOCC4)nc3)nc3c2ncn3C2CCCCC2)cc1. The van der Waals surface area contributed by atoms with Crippen molar-refractivity contribution in [1.29, 1.82) is 0 Å². The highest BCUT2D eigenvalue weighted by Crippen LogP contribution is 2.32. The van der Waals surface area contributed by atoms with Crippen LogP contribution in [0.5, 0.6) is 5.75 Å². The van der Waals surface area contributed by atoms with Gasteiger partial charge in [0.15, 0.2) is 17.3 Å². The highest BCUT2D eigenvalue weighted by Gasteiger charge is 2.21. The maximum absolute atomic E-state index is 9.56. The average molecular weight is 500 g/mol. The van der Waals surface area contributed by atoms with Crippen LogP contribution in [0.3, 0.4) is 0 Å². The van der Waals surface area contributed by atoms with Crippen molar-refractivity contribution in [3.63, 3.8) is 0 Å². The molecule has 0 bridgehead atoms. The summed E-state index contributed by atoms with van der Waals surface area (Å²) in [6, 6.07) is 11.8. The van der Waals surface area contributed by atoms with E-state index in [1.807, 2.05) is 30.7 Å². The Bertz CT molecular complexity index is 1330.